The minimum Gasteiger partial charge on any atom is -0.496 e. The monoisotopic (exact) mass is 429 g/mol. The molecule has 2 aromatic carbocycles. The van der Waals surface area contributed by atoms with Crippen LogP contribution in [0, 0.1) is 0 Å². The molecule has 0 aliphatic carbocycles. The number of thiophene rings is 1. The van der Waals surface area contributed by atoms with Crippen molar-refractivity contribution in [2.45, 2.75) is 13.0 Å². The van der Waals surface area contributed by atoms with Crippen LogP contribution in [0.2, 0.25) is 0 Å². The number of methoxy groups -OCH3 is 1. The molecule has 1 unspecified atom stereocenters. The highest BCUT2D eigenvalue weighted by molar-refractivity contribution is 7.13. The molecule has 0 saturated heterocycles. The number of rotatable bonds is 6. The van der Waals surface area contributed by atoms with Gasteiger partial charge in [0, 0.05) is 5.39 Å². The molecule has 1 atom stereocenters. The van der Waals surface area contributed by atoms with Crippen LogP contribution < -0.4 is 10.1 Å². The zero-order chi connectivity index (χ0) is 21.2. The number of fused-ring (bicyclic) bond motifs is 1. The summed E-state index contributed by atoms with van der Waals surface area (Å²) in [4.78, 5) is 15.1. The van der Waals surface area contributed by atoms with Crippen molar-refractivity contribution in [2.75, 3.05) is 12.4 Å². The summed E-state index contributed by atoms with van der Waals surface area (Å²) in [5.74, 6) is 3.04. The lowest BCUT2D eigenvalue weighted by Crippen LogP contribution is -2.10. The van der Waals surface area contributed by atoms with E-state index in [2.05, 4.69) is 15.5 Å². The van der Waals surface area contributed by atoms with Gasteiger partial charge < -0.3 is 14.6 Å². The van der Waals surface area contributed by atoms with E-state index in [0.29, 0.717) is 23.3 Å². The van der Waals surface area contributed by atoms with Crippen LogP contribution >= 0.6 is 11.3 Å². The van der Waals surface area contributed by atoms with E-state index in [1.54, 1.807) is 18.4 Å². The summed E-state index contributed by atoms with van der Waals surface area (Å²) in [5, 5.41) is 10.5. The number of nitrogens with zero attached hydrogens (tertiary/aromatic N) is 4. The molecule has 0 aliphatic rings. The van der Waals surface area contributed by atoms with E-state index in [9.17, 15) is 0 Å². The molecule has 3 aromatic heterocycles. The number of hydrogen-bond acceptors (Lipinski definition) is 8. The fourth-order valence-corrected chi connectivity index (χ4v) is 3.98. The molecule has 0 amide bonds. The molecule has 0 bridgehead atoms. The third-order valence-electron chi connectivity index (χ3n) is 4.86. The zero-order valence-electron chi connectivity index (χ0n) is 16.9. The van der Waals surface area contributed by atoms with Crippen LogP contribution in [0.15, 0.2) is 70.6 Å². The second-order valence-corrected chi connectivity index (χ2v) is 7.86. The van der Waals surface area contributed by atoms with Gasteiger partial charge in [-0.05, 0) is 42.6 Å². The highest BCUT2D eigenvalue weighted by Crippen LogP contribution is 2.31. The lowest BCUT2D eigenvalue weighted by atomic mass is 10.2. The first-order chi connectivity index (χ1) is 15.2. The first kappa shape index (κ1) is 19.2. The second-order valence-electron chi connectivity index (χ2n) is 6.91. The Labute approximate surface area is 182 Å². The maximum Gasteiger partial charge on any atom is 0.249 e. The van der Waals surface area contributed by atoms with E-state index in [1.165, 1.54) is 0 Å². The summed E-state index contributed by atoms with van der Waals surface area (Å²) in [6.45, 7) is 1.96. The van der Waals surface area contributed by atoms with Crippen molar-refractivity contribution in [1.82, 2.24) is 20.1 Å². The van der Waals surface area contributed by atoms with E-state index in [4.69, 9.17) is 19.2 Å². The van der Waals surface area contributed by atoms with Crippen molar-refractivity contribution in [3.05, 3.63) is 71.9 Å². The normalized spacial score (nSPS) is 12.1. The second kappa shape index (κ2) is 8.16. The summed E-state index contributed by atoms with van der Waals surface area (Å²) in [6.07, 6.45) is 0. The molecule has 154 valence electrons. The smallest absolute Gasteiger partial charge is 0.249 e. The number of para-hydroxylation sites is 2. The Morgan fingerprint density at radius 1 is 0.935 bits per heavy atom. The molecule has 0 aliphatic heterocycles. The number of ether oxygens (including phenoxy) is 1. The summed E-state index contributed by atoms with van der Waals surface area (Å²) >= 11 is 1.61. The Kier molecular flexibility index (Phi) is 5.05. The minimum absolute atomic E-state index is 0.259. The van der Waals surface area contributed by atoms with Crippen molar-refractivity contribution in [2.24, 2.45) is 0 Å². The molecule has 8 heteroatoms. The topological polar surface area (TPSA) is 86.0 Å². The van der Waals surface area contributed by atoms with Crippen molar-refractivity contribution >= 4 is 28.1 Å². The van der Waals surface area contributed by atoms with Crippen molar-refractivity contribution in [1.29, 1.82) is 0 Å². The fraction of sp³-hybridized carbons (Fsp3) is 0.130. The zero-order valence-corrected chi connectivity index (χ0v) is 17.8. The predicted molar refractivity (Wildman–Crippen MR) is 121 cm³/mol. The van der Waals surface area contributed by atoms with Gasteiger partial charge in [0.1, 0.15) is 17.6 Å². The summed E-state index contributed by atoms with van der Waals surface area (Å²) in [7, 11) is 1.62. The molecular weight excluding hydrogens is 410 g/mol. The lowest BCUT2D eigenvalue weighted by molar-refractivity contribution is 0.367. The average Bonchev–Trinajstić information content (AvgIpc) is 3.51. The Balaban J connectivity index is 1.48. The van der Waals surface area contributed by atoms with Crippen molar-refractivity contribution in [3.8, 4) is 27.8 Å². The molecule has 5 aromatic rings. The van der Waals surface area contributed by atoms with Crippen LogP contribution in [0.1, 0.15) is 18.9 Å². The number of aromatic nitrogens is 4. The highest BCUT2D eigenvalue weighted by Gasteiger charge is 2.19. The molecule has 7 nitrogen and oxygen atoms in total. The van der Waals surface area contributed by atoms with Crippen LogP contribution in [0.3, 0.4) is 0 Å². The van der Waals surface area contributed by atoms with Gasteiger partial charge in [-0.3, -0.25) is 0 Å². The van der Waals surface area contributed by atoms with E-state index in [0.717, 1.165) is 27.2 Å². The third-order valence-corrected chi connectivity index (χ3v) is 5.72. The lowest BCUT2D eigenvalue weighted by Gasteiger charge is -2.13. The van der Waals surface area contributed by atoms with Gasteiger partial charge >= 0.3 is 0 Å². The standard InChI is InChI=1S/C23H19N5O2S/c1-14(23-27-21(28-30-23)16-9-4-6-11-18(16)29-2)24-20-15-8-3-5-10-17(15)25-22(26-20)19-12-7-13-31-19/h3-14H,1-2H3,(H,24,25,26). The van der Waals surface area contributed by atoms with Gasteiger partial charge in [-0.2, -0.15) is 4.98 Å². The molecule has 1 N–H and O–H groups in total. The van der Waals surface area contributed by atoms with E-state index < -0.39 is 0 Å². The molecule has 0 spiro atoms. The summed E-state index contributed by atoms with van der Waals surface area (Å²) in [6, 6.07) is 19.2. The summed E-state index contributed by atoms with van der Waals surface area (Å²) in [5.41, 5.74) is 1.65. The first-order valence-electron chi connectivity index (χ1n) is 9.77. The number of nitrogens with one attached hydrogen (secondary N) is 1. The molecule has 0 saturated carbocycles. The van der Waals surface area contributed by atoms with Gasteiger partial charge in [-0.1, -0.05) is 35.5 Å². The Morgan fingerprint density at radius 3 is 2.61 bits per heavy atom. The molecule has 3 heterocycles. The van der Waals surface area contributed by atoms with Crippen molar-refractivity contribution < 1.29 is 9.26 Å². The molecular formula is C23H19N5O2S. The SMILES string of the molecule is COc1ccccc1-c1noc(C(C)Nc2nc(-c3cccs3)nc3ccccc23)n1. The highest BCUT2D eigenvalue weighted by atomic mass is 32.1. The molecule has 0 fully saturated rings. The van der Waals surface area contributed by atoms with Gasteiger partial charge in [0.15, 0.2) is 5.82 Å². The molecule has 5 rings (SSSR count). The number of benzene rings is 2. The van der Waals surface area contributed by atoms with Gasteiger partial charge in [0.05, 0.1) is 23.1 Å². The number of anilines is 1. The molecule has 31 heavy (non-hydrogen) atoms. The van der Waals surface area contributed by atoms with Gasteiger partial charge in [-0.15, -0.1) is 11.3 Å². The van der Waals surface area contributed by atoms with E-state index >= 15 is 0 Å². The van der Waals surface area contributed by atoms with Crippen LogP contribution in [-0.2, 0) is 0 Å². The van der Waals surface area contributed by atoms with Gasteiger partial charge in [-0.25, -0.2) is 9.97 Å². The van der Waals surface area contributed by atoms with Crippen LogP contribution in [0.25, 0.3) is 33.0 Å². The largest absolute Gasteiger partial charge is 0.496 e. The first-order valence-corrected chi connectivity index (χ1v) is 10.6. The maximum atomic E-state index is 5.55. The van der Waals surface area contributed by atoms with Crippen molar-refractivity contribution in [3.63, 3.8) is 0 Å². The fourth-order valence-electron chi connectivity index (χ4n) is 3.32. The quantitative estimate of drug-likeness (QED) is 0.376. The van der Waals surface area contributed by atoms with E-state index in [-0.39, 0.29) is 6.04 Å². The Bertz CT molecular complexity index is 1330. The van der Waals surface area contributed by atoms with E-state index in [1.807, 2.05) is 73.0 Å². The average molecular weight is 430 g/mol. The van der Waals surface area contributed by atoms with Crippen LogP contribution in [0.5, 0.6) is 5.75 Å². The Morgan fingerprint density at radius 2 is 1.77 bits per heavy atom. The van der Waals surface area contributed by atoms with Gasteiger partial charge in [0.25, 0.3) is 0 Å². The maximum absolute atomic E-state index is 5.55. The van der Waals surface area contributed by atoms with Crippen LogP contribution in [-0.4, -0.2) is 27.2 Å². The summed E-state index contributed by atoms with van der Waals surface area (Å²) < 4.78 is 11.0. The molecule has 0 radical (unpaired) electrons. The van der Waals surface area contributed by atoms with Crippen LogP contribution in [0.4, 0.5) is 5.82 Å². The van der Waals surface area contributed by atoms with Gasteiger partial charge in [0.2, 0.25) is 11.7 Å². The number of hydrogen-bond donors (Lipinski definition) is 1. The Hall–Kier alpha value is -3.78. The minimum atomic E-state index is -0.259. The third kappa shape index (κ3) is 3.73. The predicted octanol–water partition coefficient (Wildman–Crippen LogP) is 5.59.